The maximum Gasteiger partial charge on any atom is 0.328 e. The van der Waals surface area contributed by atoms with Crippen molar-refractivity contribution in [2.24, 2.45) is 0 Å². The first-order chi connectivity index (χ1) is 17.4. The second-order valence-corrected chi connectivity index (χ2v) is 8.29. The molecule has 1 atom stereocenters. The molecule has 3 N–H and O–H groups in total. The first-order valence-corrected chi connectivity index (χ1v) is 11.5. The Kier molecular flexibility index (Phi) is 7.59. The molecule has 1 aromatic carbocycles. The number of ether oxygens (including phenoxy) is 2. The number of rotatable bonds is 7. The maximum absolute atomic E-state index is 13.1. The smallest absolute Gasteiger partial charge is 0.328 e. The molecule has 188 valence electrons. The number of carbonyl (C=O) groups excluding carboxylic acids is 2. The van der Waals surface area contributed by atoms with E-state index in [9.17, 15) is 9.59 Å². The first kappa shape index (κ1) is 24.9. The van der Waals surface area contributed by atoms with Gasteiger partial charge in [0.1, 0.15) is 6.04 Å². The number of esters is 1. The van der Waals surface area contributed by atoms with Crippen LogP contribution in [0.15, 0.2) is 48.9 Å². The Morgan fingerprint density at radius 1 is 1.17 bits per heavy atom. The van der Waals surface area contributed by atoms with Crippen LogP contribution >= 0.6 is 0 Å². The number of nitrogens with two attached hydrogens (primary N) is 1. The lowest BCUT2D eigenvalue weighted by molar-refractivity contribution is -0.141. The van der Waals surface area contributed by atoms with Crippen LogP contribution in [-0.4, -0.2) is 73.3 Å². The van der Waals surface area contributed by atoms with Gasteiger partial charge in [-0.15, -0.1) is 0 Å². The van der Waals surface area contributed by atoms with Crippen LogP contribution in [0, 0.1) is 0 Å². The Hall–Kier alpha value is -4.25. The predicted octanol–water partition coefficient (Wildman–Crippen LogP) is 2.21. The average molecular weight is 492 g/mol. The molecule has 1 aliphatic heterocycles. The van der Waals surface area contributed by atoms with Gasteiger partial charge < -0.3 is 30.3 Å². The average Bonchev–Trinajstić information content (AvgIpc) is 2.93. The summed E-state index contributed by atoms with van der Waals surface area (Å²) < 4.78 is 10.2. The molecule has 0 spiro atoms. The van der Waals surface area contributed by atoms with Gasteiger partial charge in [0, 0.05) is 37.6 Å². The molecule has 3 aromatic rings. The number of benzene rings is 1. The molecule has 36 heavy (non-hydrogen) atoms. The standard InChI is InChI=1S/C25H29N7O4/c1-16(25(34)35-3)31(2)18-6-4-17(5-7-18)19-15-28-23(26)22(29-19)24(33)30-20-14-27-9-8-21(20)32-10-12-36-13-11-32/h4-9,14-16H,10-13H2,1-3H3,(H2,26,28)(H,30,33)/t16-/m0/s1. The Labute approximate surface area is 209 Å². The number of hydrogen-bond donors (Lipinski definition) is 2. The topological polar surface area (TPSA) is 136 Å². The van der Waals surface area contributed by atoms with Gasteiger partial charge in [0.15, 0.2) is 11.5 Å². The first-order valence-electron chi connectivity index (χ1n) is 11.5. The Morgan fingerprint density at radius 2 is 1.89 bits per heavy atom. The molecule has 0 bridgehead atoms. The predicted molar refractivity (Wildman–Crippen MR) is 137 cm³/mol. The summed E-state index contributed by atoms with van der Waals surface area (Å²) >= 11 is 0. The normalized spacial score (nSPS) is 14.1. The van der Waals surface area contributed by atoms with Gasteiger partial charge in [-0.05, 0) is 25.1 Å². The summed E-state index contributed by atoms with van der Waals surface area (Å²) in [7, 11) is 3.17. The van der Waals surface area contributed by atoms with E-state index in [4.69, 9.17) is 15.2 Å². The molecule has 2 aromatic heterocycles. The number of likely N-dealkylation sites (N-methyl/N-ethyl adjacent to an activating group) is 1. The lowest BCUT2D eigenvalue weighted by Crippen LogP contribution is -2.36. The summed E-state index contributed by atoms with van der Waals surface area (Å²) in [6, 6.07) is 8.81. The van der Waals surface area contributed by atoms with Gasteiger partial charge in [-0.3, -0.25) is 9.78 Å². The molecular formula is C25H29N7O4. The number of amides is 1. The maximum atomic E-state index is 13.1. The van der Waals surface area contributed by atoms with E-state index < -0.39 is 11.9 Å². The number of morpholine rings is 1. The summed E-state index contributed by atoms with van der Waals surface area (Å²) in [4.78, 5) is 41.8. The van der Waals surface area contributed by atoms with Crippen LogP contribution in [0.1, 0.15) is 17.4 Å². The van der Waals surface area contributed by atoms with Crippen LogP contribution in [0.25, 0.3) is 11.3 Å². The Balaban J connectivity index is 1.54. The van der Waals surface area contributed by atoms with Crippen molar-refractivity contribution in [3.8, 4) is 11.3 Å². The molecule has 1 amide bonds. The number of hydrogen-bond acceptors (Lipinski definition) is 10. The van der Waals surface area contributed by atoms with Crippen LogP contribution in [-0.2, 0) is 14.3 Å². The highest BCUT2D eigenvalue weighted by Gasteiger charge is 2.21. The van der Waals surface area contributed by atoms with Crippen molar-refractivity contribution in [2.75, 3.05) is 61.3 Å². The molecule has 0 aliphatic carbocycles. The van der Waals surface area contributed by atoms with Crippen molar-refractivity contribution < 1.29 is 19.1 Å². The molecule has 0 radical (unpaired) electrons. The monoisotopic (exact) mass is 491 g/mol. The highest BCUT2D eigenvalue weighted by molar-refractivity contribution is 6.07. The van der Waals surface area contributed by atoms with E-state index in [0.717, 1.165) is 16.9 Å². The molecule has 3 heterocycles. The number of methoxy groups -OCH3 is 1. The molecule has 1 fully saturated rings. The summed E-state index contributed by atoms with van der Waals surface area (Å²) in [5, 5.41) is 2.88. The lowest BCUT2D eigenvalue weighted by atomic mass is 10.1. The van der Waals surface area contributed by atoms with Crippen molar-refractivity contribution in [3.63, 3.8) is 0 Å². The third-order valence-electron chi connectivity index (χ3n) is 6.11. The lowest BCUT2D eigenvalue weighted by Gasteiger charge is -2.30. The van der Waals surface area contributed by atoms with Gasteiger partial charge in [0.25, 0.3) is 5.91 Å². The molecular weight excluding hydrogens is 462 g/mol. The summed E-state index contributed by atoms with van der Waals surface area (Å²) in [5.41, 5.74) is 9.50. The number of aromatic nitrogens is 3. The number of anilines is 4. The van der Waals surface area contributed by atoms with E-state index in [-0.39, 0.29) is 17.5 Å². The van der Waals surface area contributed by atoms with E-state index in [1.165, 1.54) is 13.3 Å². The molecule has 0 saturated carbocycles. The third-order valence-corrected chi connectivity index (χ3v) is 6.11. The number of nitrogen functional groups attached to an aromatic ring is 1. The van der Waals surface area contributed by atoms with Gasteiger partial charge in [-0.2, -0.15) is 0 Å². The molecule has 1 saturated heterocycles. The van der Waals surface area contributed by atoms with E-state index in [0.29, 0.717) is 37.7 Å². The number of pyridine rings is 1. The Morgan fingerprint density at radius 3 is 2.58 bits per heavy atom. The fourth-order valence-corrected chi connectivity index (χ4v) is 3.87. The van der Waals surface area contributed by atoms with Crippen LogP contribution in [0.5, 0.6) is 0 Å². The van der Waals surface area contributed by atoms with Crippen molar-refractivity contribution in [1.82, 2.24) is 15.0 Å². The van der Waals surface area contributed by atoms with Crippen LogP contribution < -0.4 is 20.9 Å². The molecule has 4 rings (SSSR count). The van der Waals surface area contributed by atoms with Gasteiger partial charge >= 0.3 is 5.97 Å². The minimum absolute atomic E-state index is 0.0183. The molecule has 11 heteroatoms. The number of nitrogens with zero attached hydrogens (tertiary/aromatic N) is 5. The van der Waals surface area contributed by atoms with Crippen LogP contribution in [0.2, 0.25) is 0 Å². The fourth-order valence-electron chi connectivity index (χ4n) is 3.87. The van der Waals surface area contributed by atoms with Gasteiger partial charge in [0.2, 0.25) is 0 Å². The fraction of sp³-hybridized carbons (Fsp3) is 0.320. The van der Waals surface area contributed by atoms with Crippen molar-refractivity contribution in [1.29, 1.82) is 0 Å². The molecule has 1 aliphatic rings. The van der Waals surface area contributed by atoms with Gasteiger partial charge in [0.05, 0.1) is 49.8 Å². The van der Waals surface area contributed by atoms with Crippen molar-refractivity contribution >= 4 is 34.8 Å². The van der Waals surface area contributed by atoms with Crippen LogP contribution in [0.3, 0.4) is 0 Å². The zero-order valence-electron chi connectivity index (χ0n) is 20.5. The number of nitrogens with one attached hydrogen (secondary N) is 1. The van der Waals surface area contributed by atoms with E-state index in [1.54, 1.807) is 19.3 Å². The van der Waals surface area contributed by atoms with E-state index in [2.05, 4.69) is 25.2 Å². The Bertz CT molecular complexity index is 1230. The highest BCUT2D eigenvalue weighted by Crippen LogP contribution is 2.27. The molecule has 0 unspecified atom stereocenters. The van der Waals surface area contributed by atoms with Crippen LogP contribution in [0.4, 0.5) is 22.9 Å². The second-order valence-electron chi connectivity index (χ2n) is 8.29. The summed E-state index contributed by atoms with van der Waals surface area (Å²) in [5.74, 6) is -0.782. The van der Waals surface area contributed by atoms with E-state index in [1.807, 2.05) is 42.3 Å². The zero-order valence-corrected chi connectivity index (χ0v) is 20.5. The largest absolute Gasteiger partial charge is 0.467 e. The summed E-state index contributed by atoms with van der Waals surface area (Å²) in [6.07, 6.45) is 4.80. The molecule has 11 nitrogen and oxygen atoms in total. The van der Waals surface area contributed by atoms with E-state index >= 15 is 0 Å². The van der Waals surface area contributed by atoms with Crippen molar-refractivity contribution in [2.45, 2.75) is 13.0 Å². The van der Waals surface area contributed by atoms with Crippen molar-refractivity contribution in [3.05, 3.63) is 54.6 Å². The third kappa shape index (κ3) is 5.36. The SMILES string of the molecule is COC(=O)[C@H](C)N(C)c1ccc(-c2cnc(N)c(C(=O)Nc3cnccc3N3CCOCC3)n2)cc1. The van der Waals surface area contributed by atoms with Gasteiger partial charge in [-0.1, -0.05) is 12.1 Å². The second kappa shape index (κ2) is 11.0. The minimum Gasteiger partial charge on any atom is -0.467 e. The minimum atomic E-state index is -0.479. The quantitative estimate of drug-likeness (QED) is 0.473. The zero-order chi connectivity index (χ0) is 25.7. The van der Waals surface area contributed by atoms with Gasteiger partial charge in [-0.25, -0.2) is 14.8 Å². The highest BCUT2D eigenvalue weighted by atomic mass is 16.5. The number of carbonyl (C=O) groups is 2. The summed E-state index contributed by atoms with van der Waals surface area (Å²) in [6.45, 7) is 4.43.